The van der Waals surface area contributed by atoms with Crippen LogP contribution in [0.15, 0.2) is 48.5 Å². The van der Waals surface area contributed by atoms with Gasteiger partial charge in [-0.15, -0.1) is 0 Å². The SMILES string of the molecule is COC(=O)c1ccc(C(=O)NC(=S)NNC(=O)c2ccccc2C)cc1. The number of methoxy groups -OCH3 is 1. The molecule has 0 aromatic heterocycles. The number of carbonyl (C=O) groups is 3. The molecule has 2 aromatic rings. The average molecular weight is 371 g/mol. The maximum Gasteiger partial charge on any atom is 0.337 e. The third-order valence-corrected chi connectivity index (χ3v) is 3.68. The molecule has 2 rings (SSSR count). The van der Waals surface area contributed by atoms with Crippen molar-refractivity contribution in [2.75, 3.05) is 7.11 Å². The summed E-state index contributed by atoms with van der Waals surface area (Å²) in [5.41, 5.74) is 6.83. The van der Waals surface area contributed by atoms with E-state index in [2.05, 4.69) is 20.9 Å². The number of hydrazine groups is 1. The fourth-order valence-corrected chi connectivity index (χ4v) is 2.23. The Morgan fingerprint density at radius 3 is 2.12 bits per heavy atom. The van der Waals surface area contributed by atoms with Gasteiger partial charge in [-0.25, -0.2) is 4.79 Å². The van der Waals surface area contributed by atoms with Crippen molar-refractivity contribution in [3.05, 3.63) is 70.8 Å². The Kier molecular flexibility index (Phi) is 6.40. The Bertz CT molecular complexity index is 850. The normalized spacial score (nSPS) is 9.77. The molecular formula is C18H17N3O4S. The van der Waals surface area contributed by atoms with E-state index in [0.29, 0.717) is 16.7 Å². The Hall–Kier alpha value is -3.26. The molecule has 0 aliphatic rings. The number of ether oxygens (including phenoxy) is 1. The molecule has 2 amide bonds. The molecule has 2 aromatic carbocycles. The third kappa shape index (κ3) is 4.87. The summed E-state index contributed by atoms with van der Waals surface area (Å²) in [5.74, 6) is -1.35. The van der Waals surface area contributed by atoms with E-state index in [1.165, 1.54) is 31.4 Å². The third-order valence-electron chi connectivity index (χ3n) is 3.47. The van der Waals surface area contributed by atoms with Crippen LogP contribution in [0.1, 0.15) is 36.6 Å². The van der Waals surface area contributed by atoms with Crippen LogP contribution in [0, 0.1) is 6.92 Å². The van der Waals surface area contributed by atoms with E-state index >= 15 is 0 Å². The second kappa shape index (κ2) is 8.72. The second-order valence-corrected chi connectivity index (χ2v) is 5.65. The van der Waals surface area contributed by atoms with Crippen LogP contribution in [0.2, 0.25) is 0 Å². The maximum absolute atomic E-state index is 12.1. The quantitative estimate of drug-likeness (QED) is 0.432. The molecule has 8 heteroatoms. The summed E-state index contributed by atoms with van der Waals surface area (Å²) < 4.78 is 4.59. The van der Waals surface area contributed by atoms with E-state index in [0.717, 1.165) is 5.56 Å². The summed E-state index contributed by atoms with van der Waals surface area (Å²) in [7, 11) is 1.28. The Labute approximate surface area is 155 Å². The van der Waals surface area contributed by atoms with Crippen LogP contribution in [0.25, 0.3) is 0 Å². The van der Waals surface area contributed by atoms with Crippen molar-refractivity contribution in [1.82, 2.24) is 16.2 Å². The monoisotopic (exact) mass is 371 g/mol. The van der Waals surface area contributed by atoms with Gasteiger partial charge in [0, 0.05) is 11.1 Å². The van der Waals surface area contributed by atoms with Gasteiger partial charge in [0.15, 0.2) is 5.11 Å². The number of amides is 2. The van der Waals surface area contributed by atoms with Crippen LogP contribution in [-0.4, -0.2) is 30.0 Å². The predicted molar refractivity (Wildman–Crippen MR) is 99.6 cm³/mol. The van der Waals surface area contributed by atoms with Crippen LogP contribution in [0.4, 0.5) is 0 Å². The zero-order valence-electron chi connectivity index (χ0n) is 14.2. The highest BCUT2D eigenvalue weighted by molar-refractivity contribution is 7.80. The molecule has 0 aliphatic heterocycles. The molecule has 0 atom stereocenters. The van der Waals surface area contributed by atoms with Crippen molar-refractivity contribution in [1.29, 1.82) is 0 Å². The Morgan fingerprint density at radius 1 is 0.885 bits per heavy atom. The van der Waals surface area contributed by atoms with Crippen molar-refractivity contribution in [2.24, 2.45) is 0 Å². The van der Waals surface area contributed by atoms with Gasteiger partial charge in [-0.3, -0.25) is 25.8 Å². The topological polar surface area (TPSA) is 96.5 Å². The van der Waals surface area contributed by atoms with Crippen molar-refractivity contribution < 1.29 is 19.1 Å². The lowest BCUT2D eigenvalue weighted by Crippen LogP contribution is -2.48. The van der Waals surface area contributed by atoms with Crippen molar-refractivity contribution >= 4 is 35.1 Å². The van der Waals surface area contributed by atoms with Crippen LogP contribution >= 0.6 is 12.2 Å². The van der Waals surface area contributed by atoms with Gasteiger partial charge >= 0.3 is 5.97 Å². The fourth-order valence-electron chi connectivity index (χ4n) is 2.09. The van der Waals surface area contributed by atoms with Gasteiger partial charge in [-0.2, -0.15) is 0 Å². The summed E-state index contributed by atoms with van der Waals surface area (Å²) in [6, 6.07) is 12.9. The number of benzene rings is 2. The van der Waals surface area contributed by atoms with Gasteiger partial charge in [0.1, 0.15) is 0 Å². The predicted octanol–water partition coefficient (Wildman–Crippen LogP) is 1.73. The van der Waals surface area contributed by atoms with Crippen LogP contribution in [-0.2, 0) is 4.74 Å². The molecule has 0 radical (unpaired) electrons. The number of aryl methyl sites for hydroxylation is 1. The standard InChI is InChI=1S/C18H17N3O4S/c1-11-5-3-4-6-14(11)16(23)20-21-18(26)19-15(22)12-7-9-13(10-8-12)17(24)25-2/h3-10H,1-2H3,(H,20,23)(H2,19,21,22,26). The number of nitrogens with one attached hydrogen (secondary N) is 3. The summed E-state index contributed by atoms with van der Waals surface area (Å²) >= 11 is 4.99. The van der Waals surface area contributed by atoms with Gasteiger partial charge < -0.3 is 4.74 Å². The largest absolute Gasteiger partial charge is 0.465 e. The van der Waals surface area contributed by atoms with E-state index in [-0.39, 0.29) is 11.0 Å². The minimum atomic E-state index is -0.493. The van der Waals surface area contributed by atoms with E-state index in [9.17, 15) is 14.4 Å². The van der Waals surface area contributed by atoms with Crippen molar-refractivity contribution in [3.63, 3.8) is 0 Å². The number of carbonyl (C=O) groups excluding carboxylic acids is 3. The van der Waals surface area contributed by atoms with Crippen LogP contribution in [0.5, 0.6) is 0 Å². The average Bonchev–Trinajstić information content (AvgIpc) is 2.66. The smallest absolute Gasteiger partial charge is 0.337 e. The molecule has 0 saturated heterocycles. The first kappa shape index (κ1) is 19.1. The molecule has 3 N–H and O–H groups in total. The number of rotatable bonds is 3. The molecule has 26 heavy (non-hydrogen) atoms. The number of hydrogen-bond donors (Lipinski definition) is 3. The highest BCUT2D eigenvalue weighted by atomic mass is 32.1. The highest BCUT2D eigenvalue weighted by Gasteiger charge is 2.12. The van der Waals surface area contributed by atoms with Crippen LogP contribution < -0.4 is 16.2 Å². The number of hydrogen-bond acceptors (Lipinski definition) is 5. The molecule has 0 heterocycles. The summed E-state index contributed by atoms with van der Waals surface area (Å²) in [6.07, 6.45) is 0. The molecule has 0 saturated carbocycles. The molecule has 7 nitrogen and oxygen atoms in total. The lowest BCUT2D eigenvalue weighted by Gasteiger charge is -2.12. The van der Waals surface area contributed by atoms with Crippen molar-refractivity contribution in [3.8, 4) is 0 Å². The van der Waals surface area contributed by atoms with E-state index in [1.54, 1.807) is 12.1 Å². The minimum absolute atomic E-state index is 0.0611. The van der Waals surface area contributed by atoms with Gasteiger partial charge in [-0.05, 0) is 55.0 Å². The zero-order chi connectivity index (χ0) is 19.1. The van der Waals surface area contributed by atoms with E-state index in [4.69, 9.17) is 12.2 Å². The summed E-state index contributed by atoms with van der Waals surface area (Å²) in [6.45, 7) is 1.81. The second-order valence-electron chi connectivity index (χ2n) is 5.25. The van der Waals surface area contributed by atoms with Gasteiger partial charge in [-0.1, -0.05) is 18.2 Å². The molecule has 134 valence electrons. The minimum Gasteiger partial charge on any atom is -0.465 e. The first-order chi connectivity index (χ1) is 12.4. The first-order valence-corrected chi connectivity index (χ1v) is 7.99. The molecule has 0 unspecified atom stereocenters. The lowest BCUT2D eigenvalue weighted by molar-refractivity contribution is 0.0600. The maximum atomic E-state index is 12.1. The van der Waals surface area contributed by atoms with Gasteiger partial charge in [0.05, 0.1) is 12.7 Å². The van der Waals surface area contributed by atoms with Crippen LogP contribution in [0.3, 0.4) is 0 Å². The molecular weight excluding hydrogens is 354 g/mol. The molecule has 0 aliphatic carbocycles. The van der Waals surface area contributed by atoms with Gasteiger partial charge in [0.2, 0.25) is 0 Å². The zero-order valence-corrected chi connectivity index (χ0v) is 15.0. The number of esters is 1. The number of thiocarbonyl (C=S) groups is 1. The summed E-state index contributed by atoms with van der Waals surface area (Å²) in [5, 5.41) is 2.37. The molecule has 0 spiro atoms. The Morgan fingerprint density at radius 2 is 1.50 bits per heavy atom. The van der Waals surface area contributed by atoms with E-state index < -0.39 is 11.9 Å². The first-order valence-electron chi connectivity index (χ1n) is 7.58. The van der Waals surface area contributed by atoms with Gasteiger partial charge in [0.25, 0.3) is 11.8 Å². The molecule has 0 bridgehead atoms. The lowest BCUT2D eigenvalue weighted by atomic mass is 10.1. The van der Waals surface area contributed by atoms with E-state index in [1.807, 2.05) is 19.1 Å². The Balaban J connectivity index is 1.89. The fraction of sp³-hybridized carbons (Fsp3) is 0.111. The highest BCUT2D eigenvalue weighted by Crippen LogP contribution is 2.06. The molecule has 0 fully saturated rings. The summed E-state index contributed by atoms with van der Waals surface area (Å²) in [4.78, 5) is 35.5. The van der Waals surface area contributed by atoms with Crippen molar-refractivity contribution in [2.45, 2.75) is 6.92 Å².